The molecule has 0 radical (unpaired) electrons. The van der Waals surface area contributed by atoms with Gasteiger partial charge in [0.05, 0.1) is 4.92 Å². The molecule has 0 saturated carbocycles. The Morgan fingerprint density at radius 1 is 1.45 bits per heavy atom. The summed E-state index contributed by atoms with van der Waals surface area (Å²) in [6, 6.07) is 2.99. The predicted molar refractivity (Wildman–Crippen MR) is 77.9 cm³/mol. The van der Waals surface area contributed by atoms with Gasteiger partial charge in [0.2, 0.25) is 11.0 Å². The Labute approximate surface area is 122 Å². The van der Waals surface area contributed by atoms with E-state index in [4.69, 9.17) is 0 Å². The van der Waals surface area contributed by atoms with Crippen LogP contribution in [0.3, 0.4) is 0 Å². The number of rotatable bonds is 5. The van der Waals surface area contributed by atoms with Crippen molar-refractivity contribution in [3.05, 3.63) is 38.2 Å². The highest BCUT2D eigenvalue weighted by molar-refractivity contribution is 7.16. The number of carbonyl (C=O) groups excluding carboxylic acids is 1. The fourth-order valence-corrected chi connectivity index (χ4v) is 2.69. The molecule has 20 heavy (non-hydrogen) atoms. The van der Waals surface area contributed by atoms with Gasteiger partial charge in [0.1, 0.15) is 5.01 Å². The van der Waals surface area contributed by atoms with Gasteiger partial charge in [-0.2, -0.15) is 0 Å². The number of anilines is 1. The van der Waals surface area contributed by atoms with Gasteiger partial charge in [0.25, 0.3) is 0 Å². The molecule has 0 fully saturated rings. The van der Waals surface area contributed by atoms with Crippen molar-refractivity contribution in [2.45, 2.75) is 13.3 Å². The second-order valence-electron chi connectivity index (χ2n) is 3.61. The molecule has 2 aromatic heterocycles. The summed E-state index contributed by atoms with van der Waals surface area (Å²) in [7, 11) is 0. The van der Waals surface area contributed by atoms with E-state index in [0.29, 0.717) is 10.0 Å². The molecule has 0 aliphatic rings. The zero-order chi connectivity index (χ0) is 14.5. The van der Waals surface area contributed by atoms with Crippen molar-refractivity contribution in [3.8, 4) is 0 Å². The van der Waals surface area contributed by atoms with E-state index in [1.54, 1.807) is 6.07 Å². The molecule has 2 rings (SSSR count). The van der Waals surface area contributed by atoms with E-state index in [1.807, 2.05) is 6.92 Å². The predicted octanol–water partition coefficient (Wildman–Crippen LogP) is 2.72. The second kappa shape index (κ2) is 6.35. The Balaban J connectivity index is 1.96. The van der Waals surface area contributed by atoms with Crippen LogP contribution in [0.1, 0.15) is 16.8 Å². The van der Waals surface area contributed by atoms with Crippen LogP contribution >= 0.6 is 22.7 Å². The lowest BCUT2D eigenvalue weighted by atomic mass is 10.4. The van der Waals surface area contributed by atoms with E-state index >= 15 is 0 Å². The zero-order valence-corrected chi connectivity index (χ0v) is 12.0. The number of nitro groups is 1. The summed E-state index contributed by atoms with van der Waals surface area (Å²) in [6.07, 6.45) is 3.60. The van der Waals surface area contributed by atoms with Crippen LogP contribution in [-0.2, 0) is 11.2 Å². The third-order valence-electron chi connectivity index (χ3n) is 2.19. The number of carbonyl (C=O) groups is 1. The smallest absolute Gasteiger partial charge is 0.297 e. The van der Waals surface area contributed by atoms with E-state index in [-0.39, 0.29) is 10.9 Å². The molecular formula is C11H10N4O3S2. The number of nitrogens with zero attached hydrogens (tertiary/aromatic N) is 3. The average Bonchev–Trinajstić information content (AvgIpc) is 3.05. The summed E-state index contributed by atoms with van der Waals surface area (Å²) in [5.74, 6) is -0.347. The van der Waals surface area contributed by atoms with Gasteiger partial charge in [-0.05, 0) is 18.6 Å². The summed E-state index contributed by atoms with van der Waals surface area (Å²) >= 11 is 2.32. The monoisotopic (exact) mass is 310 g/mol. The number of amides is 1. The summed E-state index contributed by atoms with van der Waals surface area (Å²) in [4.78, 5) is 22.3. The lowest BCUT2D eigenvalue weighted by Crippen LogP contribution is -2.07. The van der Waals surface area contributed by atoms with Crippen LogP contribution in [0.2, 0.25) is 0 Å². The van der Waals surface area contributed by atoms with Gasteiger partial charge in [-0.15, -0.1) is 10.2 Å². The van der Waals surface area contributed by atoms with E-state index in [1.165, 1.54) is 29.6 Å². The number of thiophene rings is 1. The normalized spacial score (nSPS) is 10.8. The molecule has 0 aromatic carbocycles. The van der Waals surface area contributed by atoms with Gasteiger partial charge >= 0.3 is 5.00 Å². The second-order valence-corrected chi connectivity index (χ2v) is 5.77. The SMILES string of the molecule is CCc1nnc(NC(=O)/C=C/c2ccc([N+](=O)[O-])s2)s1. The molecule has 0 spiro atoms. The maximum atomic E-state index is 11.6. The Morgan fingerprint density at radius 2 is 2.25 bits per heavy atom. The maximum absolute atomic E-state index is 11.6. The first kappa shape index (κ1) is 14.3. The minimum absolute atomic E-state index is 0.0433. The average molecular weight is 310 g/mol. The van der Waals surface area contributed by atoms with Gasteiger partial charge in [-0.1, -0.05) is 29.6 Å². The van der Waals surface area contributed by atoms with Crippen molar-refractivity contribution in [2.75, 3.05) is 5.32 Å². The third-order valence-corrected chi connectivity index (χ3v) is 4.18. The van der Waals surface area contributed by atoms with Gasteiger partial charge in [0.15, 0.2) is 0 Å². The lowest BCUT2D eigenvalue weighted by molar-refractivity contribution is -0.380. The largest absolute Gasteiger partial charge is 0.324 e. The minimum atomic E-state index is -0.463. The first-order valence-corrected chi connectivity index (χ1v) is 7.27. The number of nitrogens with one attached hydrogen (secondary N) is 1. The highest BCUT2D eigenvalue weighted by Crippen LogP contribution is 2.24. The molecule has 7 nitrogen and oxygen atoms in total. The minimum Gasteiger partial charge on any atom is -0.297 e. The molecule has 2 heterocycles. The van der Waals surface area contributed by atoms with Crippen molar-refractivity contribution in [1.82, 2.24) is 10.2 Å². The fourth-order valence-electron chi connectivity index (χ4n) is 1.28. The summed E-state index contributed by atoms with van der Waals surface area (Å²) < 4.78 is 0. The third kappa shape index (κ3) is 3.68. The van der Waals surface area contributed by atoms with Crippen molar-refractivity contribution < 1.29 is 9.72 Å². The van der Waals surface area contributed by atoms with Crippen molar-refractivity contribution in [1.29, 1.82) is 0 Å². The first-order chi connectivity index (χ1) is 9.58. The van der Waals surface area contributed by atoms with E-state index in [0.717, 1.165) is 22.8 Å². The maximum Gasteiger partial charge on any atom is 0.324 e. The van der Waals surface area contributed by atoms with Crippen molar-refractivity contribution in [2.24, 2.45) is 0 Å². The van der Waals surface area contributed by atoms with Crippen LogP contribution in [-0.4, -0.2) is 21.0 Å². The van der Waals surface area contributed by atoms with Crippen molar-refractivity contribution in [3.63, 3.8) is 0 Å². The topological polar surface area (TPSA) is 98.0 Å². The quantitative estimate of drug-likeness (QED) is 0.520. The number of aryl methyl sites for hydroxylation is 1. The first-order valence-electron chi connectivity index (χ1n) is 5.64. The molecule has 2 aromatic rings. The molecule has 0 unspecified atom stereocenters. The van der Waals surface area contributed by atoms with Gasteiger partial charge in [-0.25, -0.2) is 0 Å². The standard InChI is InChI=1S/C11H10N4O3S2/c1-2-9-13-14-11(20-9)12-8(16)5-3-7-4-6-10(19-7)15(17)18/h3-6H,2H2,1H3,(H,12,14,16)/b5-3+. The number of aromatic nitrogens is 2. The molecule has 0 atom stereocenters. The van der Waals surface area contributed by atoms with Crippen LogP contribution in [0.5, 0.6) is 0 Å². The van der Waals surface area contributed by atoms with Crippen LogP contribution < -0.4 is 5.32 Å². The molecule has 0 aliphatic carbocycles. The molecule has 0 bridgehead atoms. The molecular weight excluding hydrogens is 300 g/mol. The van der Waals surface area contributed by atoms with E-state index in [2.05, 4.69) is 15.5 Å². The Hall–Kier alpha value is -2.13. The molecule has 0 aliphatic heterocycles. The molecule has 104 valence electrons. The lowest BCUT2D eigenvalue weighted by Gasteiger charge is -1.93. The van der Waals surface area contributed by atoms with Crippen LogP contribution in [0.25, 0.3) is 6.08 Å². The van der Waals surface area contributed by atoms with Crippen LogP contribution in [0.4, 0.5) is 10.1 Å². The highest BCUT2D eigenvalue weighted by atomic mass is 32.1. The number of hydrogen-bond donors (Lipinski definition) is 1. The Bertz CT molecular complexity index is 662. The molecule has 1 amide bonds. The fraction of sp³-hybridized carbons (Fsp3) is 0.182. The van der Waals surface area contributed by atoms with Crippen molar-refractivity contribution >= 4 is 44.8 Å². The summed E-state index contributed by atoms with van der Waals surface area (Å²) in [6.45, 7) is 1.95. The highest BCUT2D eigenvalue weighted by Gasteiger charge is 2.08. The van der Waals surface area contributed by atoms with Gasteiger partial charge in [0, 0.05) is 17.0 Å². The Kier molecular flexibility index (Phi) is 4.53. The molecule has 0 saturated heterocycles. The Morgan fingerprint density at radius 3 is 2.85 bits per heavy atom. The number of hydrogen-bond acceptors (Lipinski definition) is 7. The summed E-state index contributed by atoms with van der Waals surface area (Å²) in [5, 5.41) is 22.1. The van der Waals surface area contributed by atoms with Gasteiger partial charge < -0.3 is 0 Å². The van der Waals surface area contributed by atoms with Crippen LogP contribution in [0, 0.1) is 10.1 Å². The zero-order valence-electron chi connectivity index (χ0n) is 10.4. The van der Waals surface area contributed by atoms with Gasteiger partial charge in [-0.3, -0.25) is 20.2 Å². The van der Waals surface area contributed by atoms with E-state index in [9.17, 15) is 14.9 Å². The van der Waals surface area contributed by atoms with Crippen LogP contribution in [0.15, 0.2) is 18.2 Å². The molecule has 1 N–H and O–H groups in total. The van der Waals surface area contributed by atoms with E-state index < -0.39 is 4.92 Å². The summed E-state index contributed by atoms with van der Waals surface area (Å²) in [5.41, 5.74) is 0. The molecule has 9 heteroatoms.